The molecular weight excluding hydrogens is 334 g/mol. The van der Waals surface area contributed by atoms with Crippen molar-refractivity contribution < 1.29 is 9.53 Å². The van der Waals surface area contributed by atoms with Crippen molar-refractivity contribution in [3.8, 4) is 0 Å². The fraction of sp³-hybridized carbons (Fsp3) is 0.200. The minimum Gasteiger partial charge on any atom is -0.459 e. The SMILES string of the molecule is Cc1nn2c(=O)cc(COC(=O)CSc3ccccc3)nc2s1. The molecule has 0 bridgehead atoms. The molecule has 2 heterocycles. The maximum Gasteiger partial charge on any atom is 0.316 e. The van der Waals surface area contributed by atoms with Gasteiger partial charge in [-0.3, -0.25) is 9.59 Å². The molecule has 3 rings (SSSR count). The smallest absolute Gasteiger partial charge is 0.316 e. The molecule has 0 N–H and O–H groups in total. The van der Waals surface area contributed by atoms with E-state index >= 15 is 0 Å². The number of thioether (sulfide) groups is 1. The van der Waals surface area contributed by atoms with E-state index in [-0.39, 0.29) is 23.9 Å². The Hall–Kier alpha value is -2.19. The molecule has 3 aromatic rings. The molecule has 0 fully saturated rings. The summed E-state index contributed by atoms with van der Waals surface area (Å²) >= 11 is 2.72. The zero-order valence-corrected chi connectivity index (χ0v) is 13.9. The fourth-order valence-electron chi connectivity index (χ4n) is 1.88. The second-order valence-electron chi connectivity index (χ2n) is 4.66. The molecule has 0 amide bonds. The van der Waals surface area contributed by atoms with Gasteiger partial charge in [-0.05, 0) is 19.1 Å². The lowest BCUT2D eigenvalue weighted by Crippen LogP contribution is -2.17. The number of aromatic nitrogens is 3. The van der Waals surface area contributed by atoms with Crippen LogP contribution in [0.15, 0.2) is 46.1 Å². The van der Waals surface area contributed by atoms with E-state index < -0.39 is 0 Å². The molecule has 0 saturated carbocycles. The zero-order valence-electron chi connectivity index (χ0n) is 12.3. The summed E-state index contributed by atoms with van der Waals surface area (Å²) in [4.78, 5) is 29.5. The van der Waals surface area contributed by atoms with E-state index in [1.165, 1.54) is 33.7 Å². The maximum absolute atomic E-state index is 11.9. The van der Waals surface area contributed by atoms with Crippen LogP contribution in [0, 0.1) is 6.92 Å². The molecule has 6 nitrogen and oxygen atoms in total. The number of hydrogen-bond donors (Lipinski definition) is 0. The van der Waals surface area contributed by atoms with Gasteiger partial charge in [0.2, 0.25) is 4.96 Å². The van der Waals surface area contributed by atoms with E-state index in [1.807, 2.05) is 30.3 Å². The van der Waals surface area contributed by atoms with Gasteiger partial charge in [0.1, 0.15) is 11.6 Å². The molecule has 118 valence electrons. The number of carbonyl (C=O) groups excluding carboxylic acids is 1. The number of carbonyl (C=O) groups is 1. The Balaban J connectivity index is 1.59. The van der Waals surface area contributed by atoms with Crippen LogP contribution in [0.1, 0.15) is 10.7 Å². The van der Waals surface area contributed by atoms with Gasteiger partial charge in [-0.1, -0.05) is 29.5 Å². The molecule has 8 heteroatoms. The molecule has 23 heavy (non-hydrogen) atoms. The lowest BCUT2D eigenvalue weighted by Gasteiger charge is -2.04. The number of fused-ring (bicyclic) bond motifs is 1. The molecule has 0 spiro atoms. The first kappa shape index (κ1) is 15.7. The third kappa shape index (κ3) is 3.96. The van der Waals surface area contributed by atoms with Gasteiger partial charge in [0.05, 0.1) is 11.4 Å². The predicted octanol–water partition coefficient (Wildman–Crippen LogP) is 2.29. The van der Waals surface area contributed by atoms with Gasteiger partial charge in [-0.25, -0.2) is 4.98 Å². The van der Waals surface area contributed by atoms with Crippen LogP contribution in [0.4, 0.5) is 0 Å². The predicted molar refractivity (Wildman–Crippen MR) is 88.8 cm³/mol. The summed E-state index contributed by atoms with van der Waals surface area (Å²) in [5.41, 5.74) is 0.153. The summed E-state index contributed by atoms with van der Waals surface area (Å²) in [5, 5.41) is 4.81. The van der Waals surface area contributed by atoms with Crippen molar-refractivity contribution in [2.24, 2.45) is 0 Å². The Morgan fingerprint density at radius 1 is 1.35 bits per heavy atom. The van der Waals surface area contributed by atoms with Crippen molar-refractivity contribution in [1.82, 2.24) is 14.6 Å². The largest absolute Gasteiger partial charge is 0.459 e. The number of aryl methyl sites for hydroxylation is 1. The van der Waals surface area contributed by atoms with Crippen LogP contribution >= 0.6 is 23.1 Å². The number of rotatable bonds is 5. The van der Waals surface area contributed by atoms with Gasteiger partial charge in [-0.2, -0.15) is 9.61 Å². The summed E-state index contributed by atoms with van der Waals surface area (Å²) in [6.07, 6.45) is 0. The Bertz CT molecular complexity index is 890. The van der Waals surface area contributed by atoms with Gasteiger partial charge < -0.3 is 4.74 Å². The van der Waals surface area contributed by atoms with Crippen molar-refractivity contribution in [2.45, 2.75) is 18.4 Å². The van der Waals surface area contributed by atoms with Gasteiger partial charge in [0, 0.05) is 11.0 Å². The highest BCUT2D eigenvalue weighted by Crippen LogP contribution is 2.17. The number of ether oxygens (including phenoxy) is 1. The van der Waals surface area contributed by atoms with Crippen molar-refractivity contribution >= 4 is 34.0 Å². The molecule has 0 atom stereocenters. The third-order valence-corrected chi connectivity index (χ3v) is 4.69. The number of nitrogens with zero attached hydrogens (tertiary/aromatic N) is 3. The van der Waals surface area contributed by atoms with Crippen molar-refractivity contribution in [3.63, 3.8) is 0 Å². The minimum atomic E-state index is -0.346. The minimum absolute atomic E-state index is 0.0170. The van der Waals surface area contributed by atoms with Crippen LogP contribution in [-0.4, -0.2) is 26.3 Å². The summed E-state index contributed by atoms with van der Waals surface area (Å²) in [7, 11) is 0. The fourth-order valence-corrected chi connectivity index (χ4v) is 3.37. The van der Waals surface area contributed by atoms with Gasteiger partial charge >= 0.3 is 5.97 Å². The quantitative estimate of drug-likeness (QED) is 0.521. The monoisotopic (exact) mass is 347 g/mol. The van der Waals surface area contributed by atoms with Gasteiger partial charge in [0.25, 0.3) is 5.56 Å². The Morgan fingerprint density at radius 2 is 2.13 bits per heavy atom. The molecule has 0 saturated heterocycles. The van der Waals surface area contributed by atoms with Gasteiger partial charge in [-0.15, -0.1) is 11.8 Å². The summed E-state index contributed by atoms with van der Waals surface area (Å²) in [5.74, 6) is -0.133. The Kier molecular flexibility index (Phi) is 4.73. The van der Waals surface area contributed by atoms with Crippen LogP contribution in [0.5, 0.6) is 0 Å². The van der Waals surface area contributed by atoms with Crippen LogP contribution in [0.3, 0.4) is 0 Å². The molecule has 0 aliphatic carbocycles. The van der Waals surface area contributed by atoms with E-state index in [0.717, 1.165) is 9.90 Å². The average Bonchev–Trinajstić information content (AvgIpc) is 2.93. The van der Waals surface area contributed by atoms with Crippen LogP contribution in [0.25, 0.3) is 4.96 Å². The highest BCUT2D eigenvalue weighted by atomic mass is 32.2. The van der Waals surface area contributed by atoms with Crippen LogP contribution in [-0.2, 0) is 16.1 Å². The van der Waals surface area contributed by atoms with E-state index in [2.05, 4.69) is 10.1 Å². The first-order valence-corrected chi connectivity index (χ1v) is 8.62. The van der Waals surface area contributed by atoms with E-state index in [1.54, 1.807) is 6.92 Å². The first-order valence-electron chi connectivity index (χ1n) is 6.82. The van der Waals surface area contributed by atoms with E-state index in [9.17, 15) is 9.59 Å². The third-order valence-electron chi connectivity index (χ3n) is 2.88. The molecular formula is C15H13N3O3S2. The lowest BCUT2D eigenvalue weighted by molar-refractivity contribution is -0.141. The Morgan fingerprint density at radius 3 is 2.91 bits per heavy atom. The highest BCUT2D eigenvalue weighted by molar-refractivity contribution is 8.00. The number of hydrogen-bond acceptors (Lipinski definition) is 7. The number of benzene rings is 1. The van der Waals surface area contributed by atoms with Crippen LogP contribution in [0.2, 0.25) is 0 Å². The molecule has 0 aliphatic heterocycles. The van der Waals surface area contributed by atoms with Crippen LogP contribution < -0.4 is 5.56 Å². The summed E-state index contributed by atoms with van der Waals surface area (Å²) < 4.78 is 6.42. The molecule has 2 aromatic heterocycles. The maximum atomic E-state index is 11.9. The van der Waals surface area contributed by atoms with Crippen molar-refractivity contribution in [2.75, 3.05) is 5.75 Å². The normalized spacial score (nSPS) is 10.8. The second kappa shape index (κ2) is 6.93. The lowest BCUT2D eigenvalue weighted by atomic mass is 10.4. The Labute approximate surface area is 140 Å². The second-order valence-corrected chi connectivity index (χ2v) is 6.87. The molecule has 0 radical (unpaired) electrons. The highest BCUT2D eigenvalue weighted by Gasteiger charge is 2.09. The number of esters is 1. The molecule has 0 aliphatic rings. The summed E-state index contributed by atoms with van der Waals surface area (Å²) in [6, 6.07) is 10.9. The first-order chi connectivity index (χ1) is 11.1. The molecule has 0 unspecified atom stereocenters. The van der Waals surface area contributed by atoms with E-state index in [4.69, 9.17) is 4.74 Å². The van der Waals surface area contributed by atoms with Crippen molar-refractivity contribution in [3.05, 3.63) is 57.5 Å². The van der Waals surface area contributed by atoms with Crippen molar-refractivity contribution in [1.29, 1.82) is 0 Å². The topological polar surface area (TPSA) is 73.6 Å². The van der Waals surface area contributed by atoms with Gasteiger partial charge in [0.15, 0.2) is 0 Å². The summed E-state index contributed by atoms with van der Waals surface area (Å²) in [6.45, 7) is 1.79. The zero-order chi connectivity index (χ0) is 16.2. The standard InChI is InChI=1S/C15H13N3O3S2/c1-10-17-18-13(19)7-11(16-15(18)23-10)8-21-14(20)9-22-12-5-3-2-4-6-12/h2-7H,8-9H2,1H3. The molecule has 1 aromatic carbocycles. The average molecular weight is 347 g/mol. The van der Waals surface area contributed by atoms with E-state index in [0.29, 0.717) is 10.7 Å².